The molecule has 1 amide bonds. The molecule has 58 valence electrons. The molecule has 1 aliphatic heterocycles. The second-order valence-electron chi connectivity index (χ2n) is 1.94. The van der Waals surface area contributed by atoms with E-state index in [2.05, 4.69) is 21.2 Å². The van der Waals surface area contributed by atoms with Gasteiger partial charge < -0.3 is 5.11 Å². The Morgan fingerprint density at radius 2 is 2.40 bits per heavy atom. The van der Waals surface area contributed by atoms with Crippen LogP contribution in [0.4, 0.5) is 0 Å². The van der Waals surface area contributed by atoms with Gasteiger partial charge in [0, 0.05) is 6.42 Å². The van der Waals surface area contributed by atoms with Crippen LogP contribution in [0, 0.1) is 0 Å². The Kier molecular flexibility index (Phi) is 3.51. The monoisotopic (exact) mass is 385 g/mol. The van der Waals surface area contributed by atoms with E-state index in [-0.39, 0.29) is 11.2 Å². The Labute approximate surface area is 89.0 Å². The maximum atomic E-state index is 11.1. The molecule has 1 N–H and O–H groups in total. The quantitative estimate of drug-likeness (QED) is 0.548. The van der Waals surface area contributed by atoms with Crippen LogP contribution in [-0.2, 0) is 4.79 Å². The summed E-state index contributed by atoms with van der Waals surface area (Å²) in [5.41, 5.74) is 0. The number of hydrogen-bond acceptors (Lipinski definition) is 3. The molecule has 0 bridgehead atoms. The van der Waals surface area contributed by atoms with Crippen LogP contribution in [0.15, 0.2) is 0 Å². The van der Waals surface area contributed by atoms with Gasteiger partial charge in [0.05, 0.1) is 28.1 Å². The zero-order valence-electron chi connectivity index (χ0n) is 4.83. The van der Waals surface area contributed by atoms with Crippen LogP contribution >= 0.6 is 53.0 Å². The number of hydrogen-bond donors (Lipinski definition) is 1. The van der Waals surface area contributed by atoms with Gasteiger partial charge in [0.2, 0.25) is 5.91 Å². The Bertz CT molecular complexity index is 156. The molecule has 0 aromatic heterocycles. The van der Waals surface area contributed by atoms with Crippen LogP contribution < -0.4 is 0 Å². The van der Waals surface area contributed by atoms with Crippen molar-refractivity contribution in [3.05, 3.63) is 0 Å². The van der Waals surface area contributed by atoms with E-state index in [0.29, 0.717) is 6.42 Å². The maximum absolute atomic E-state index is 11.1. The van der Waals surface area contributed by atoms with E-state index in [1.165, 1.54) is 12.0 Å². The van der Waals surface area contributed by atoms with Crippen molar-refractivity contribution in [3.8, 4) is 0 Å². The van der Waals surface area contributed by atoms with Crippen LogP contribution in [0.3, 0.4) is 0 Å². The van der Waals surface area contributed by atoms with E-state index in [4.69, 9.17) is 5.11 Å². The Hall–Kier alpha value is 1.24. The van der Waals surface area contributed by atoms with Gasteiger partial charge in [-0.25, -0.2) is 0 Å². The smallest absolute Gasteiger partial charge is 0.247 e. The van der Waals surface area contributed by atoms with Crippen molar-refractivity contribution in [2.24, 2.45) is 0 Å². The molecule has 1 heterocycles. The molecule has 10 heavy (non-hydrogen) atoms. The fourth-order valence-electron chi connectivity index (χ4n) is 0.744. The maximum Gasteiger partial charge on any atom is 0.247 e. The Morgan fingerprint density at radius 3 is 2.60 bits per heavy atom. The average molecular weight is 385 g/mol. The lowest BCUT2D eigenvalue weighted by Crippen LogP contribution is -2.23. The van der Waals surface area contributed by atoms with Crippen molar-refractivity contribution in [1.82, 2.24) is 3.11 Å². The lowest BCUT2D eigenvalue weighted by molar-refractivity contribution is -0.124. The molecule has 0 aromatic rings. The van der Waals surface area contributed by atoms with Gasteiger partial charge in [-0.05, 0) is 21.2 Å². The van der Waals surface area contributed by atoms with E-state index in [0.717, 1.165) is 0 Å². The van der Waals surface area contributed by atoms with Gasteiger partial charge in [-0.2, -0.15) is 0 Å². The molecular formula is C4H5I2NO2S. The van der Waals surface area contributed by atoms with Crippen LogP contribution in [-0.4, -0.2) is 25.6 Å². The third kappa shape index (κ3) is 1.69. The van der Waals surface area contributed by atoms with Crippen LogP contribution in [0.1, 0.15) is 6.42 Å². The molecule has 1 aliphatic rings. The first-order valence-electron chi connectivity index (χ1n) is 2.61. The second-order valence-corrected chi connectivity index (χ2v) is 5.26. The topological polar surface area (TPSA) is 40.5 Å². The molecule has 0 aliphatic carbocycles. The summed E-state index contributed by atoms with van der Waals surface area (Å²) in [6.45, 7) is 0. The highest BCUT2D eigenvalue weighted by atomic mass is 127. The number of nitrogens with zero attached hydrogens (tertiary/aromatic N) is 1. The number of aliphatic hydroxyl groups excluding tert-OH is 1. The van der Waals surface area contributed by atoms with Gasteiger partial charge in [0.1, 0.15) is 6.23 Å². The molecule has 1 fully saturated rings. The van der Waals surface area contributed by atoms with Crippen LogP contribution in [0.5, 0.6) is 0 Å². The molecule has 0 saturated carbocycles. The molecule has 1 saturated heterocycles. The lowest BCUT2D eigenvalue weighted by Gasteiger charge is -2.08. The van der Waals surface area contributed by atoms with Crippen molar-refractivity contribution in [2.45, 2.75) is 17.9 Å². The number of carbonyl (C=O) groups excluding carboxylic acids is 1. The predicted octanol–water partition coefficient (Wildman–Crippen LogP) is 1.34. The standard InChI is InChI=1S/C4H5I2NO2S/c5-7-3(8)1-2(10-6)4(7)9/h2-3,8H,1H2. The number of aliphatic hydroxyl groups is 1. The van der Waals surface area contributed by atoms with Crippen molar-refractivity contribution in [2.75, 3.05) is 0 Å². The number of rotatable bonds is 1. The molecule has 2 unspecified atom stereocenters. The molecular weight excluding hydrogens is 380 g/mol. The van der Waals surface area contributed by atoms with Gasteiger partial charge in [0.25, 0.3) is 0 Å². The minimum absolute atomic E-state index is 0.0208. The van der Waals surface area contributed by atoms with Gasteiger partial charge in [-0.3, -0.25) is 7.91 Å². The number of carbonyl (C=O) groups is 1. The Balaban J connectivity index is 2.62. The van der Waals surface area contributed by atoms with Crippen molar-refractivity contribution >= 4 is 58.9 Å². The van der Waals surface area contributed by atoms with Gasteiger partial charge in [0.15, 0.2) is 0 Å². The molecule has 6 heteroatoms. The highest BCUT2D eigenvalue weighted by Crippen LogP contribution is 2.33. The van der Waals surface area contributed by atoms with E-state index in [9.17, 15) is 4.79 Å². The fraction of sp³-hybridized carbons (Fsp3) is 0.750. The summed E-state index contributed by atoms with van der Waals surface area (Å²) in [6, 6.07) is 0. The third-order valence-electron chi connectivity index (χ3n) is 1.28. The Morgan fingerprint density at radius 1 is 1.80 bits per heavy atom. The summed E-state index contributed by atoms with van der Waals surface area (Å²) in [6.07, 6.45) is -0.0320. The van der Waals surface area contributed by atoms with Crippen molar-refractivity contribution < 1.29 is 9.90 Å². The summed E-state index contributed by atoms with van der Waals surface area (Å²) in [5, 5.41) is 9.10. The van der Waals surface area contributed by atoms with E-state index in [1.54, 1.807) is 0 Å². The largest absolute Gasteiger partial charge is 0.373 e. The summed E-state index contributed by atoms with van der Waals surface area (Å²) in [7, 11) is 1.46. The molecule has 0 radical (unpaired) electrons. The molecule has 0 spiro atoms. The van der Waals surface area contributed by atoms with Gasteiger partial charge in [-0.1, -0.05) is 8.93 Å². The average Bonchev–Trinajstić information content (AvgIpc) is 2.17. The summed E-state index contributed by atoms with van der Waals surface area (Å²) in [4.78, 5) is 11.1. The fourth-order valence-corrected chi connectivity index (χ4v) is 3.21. The number of amides is 1. The minimum atomic E-state index is -0.583. The zero-order valence-corrected chi connectivity index (χ0v) is 9.96. The summed E-state index contributed by atoms with van der Waals surface area (Å²) in [5.74, 6) is 0.0208. The first-order chi connectivity index (χ1) is 4.66. The molecule has 0 aromatic carbocycles. The van der Waals surface area contributed by atoms with Crippen molar-refractivity contribution in [3.63, 3.8) is 0 Å². The highest BCUT2D eigenvalue weighted by molar-refractivity contribution is 14.2. The summed E-state index contributed by atoms with van der Waals surface area (Å²) >= 11 is 3.92. The van der Waals surface area contributed by atoms with Crippen molar-refractivity contribution in [1.29, 1.82) is 0 Å². The molecule has 2 atom stereocenters. The first-order valence-corrected chi connectivity index (χ1v) is 7.00. The van der Waals surface area contributed by atoms with E-state index in [1.807, 2.05) is 22.9 Å². The molecule has 1 rings (SSSR count). The van der Waals surface area contributed by atoms with E-state index < -0.39 is 6.23 Å². The highest BCUT2D eigenvalue weighted by Gasteiger charge is 2.37. The SMILES string of the molecule is O=C1C(SI)CC(O)N1I. The third-order valence-corrected chi connectivity index (χ3v) is 4.85. The van der Waals surface area contributed by atoms with Gasteiger partial charge in [-0.15, -0.1) is 0 Å². The normalized spacial score (nSPS) is 33.5. The molecule has 3 nitrogen and oxygen atoms in total. The van der Waals surface area contributed by atoms with E-state index >= 15 is 0 Å². The lowest BCUT2D eigenvalue weighted by atomic mass is 10.3. The first kappa shape index (κ1) is 9.33. The zero-order chi connectivity index (χ0) is 7.72. The second kappa shape index (κ2) is 3.76. The van der Waals surface area contributed by atoms with Gasteiger partial charge >= 0.3 is 0 Å². The minimum Gasteiger partial charge on any atom is -0.373 e. The van der Waals surface area contributed by atoms with Crippen LogP contribution in [0.25, 0.3) is 0 Å². The van der Waals surface area contributed by atoms with Crippen LogP contribution in [0.2, 0.25) is 0 Å². The number of halogens is 2. The predicted molar refractivity (Wildman–Crippen MR) is 56.9 cm³/mol. The summed E-state index contributed by atoms with van der Waals surface area (Å²) < 4.78 is 1.36.